The van der Waals surface area contributed by atoms with Crippen molar-refractivity contribution < 1.29 is 23.8 Å². The van der Waals surface area contributed by atoms with Gasteiger partial charge in [0.25, 0.3) is 0 Å². The van der Waals surface area contributed by atoms with Crippen LogP contribution in [0.25, 0.3) is 0 Å². The smallest absolute Gasteiger partial charge is 0.465 e. The zero-order valence-corrected chi connectivity index (χ0v) is 26.9. The molecular formula is C35H59NO6. The molecule has 0 aliphatic carbocycles. The summed E-state index contributed by atoms with van der Waals surface area (Å²) in [4.78, 5) is 35.2. The molecule has 0 saturated heterocycles. The molecule has 0 bridgehead atoms. The second kappa shape index (κ2) is 26.2. The van der Waals surface area contributed by atoms with Crippen LogP contribution in [0.1, 0.15) is 156 Å². The molecule has 0 aliphatic heterocycles. The molecule has 1 aromatic rings. The molecule has 0 spiro atoms. The van der Waals surface area contributed by atoms with E-state index >= 15 is 0 Å². The maximum atomic E-state index is 12.4. The molecule has 0 aromatic heterocycles. The van der Waals surface area contributed by atoms with Crippen molar-refractivity contribution in [3.8, 4) is 5.75 Å². The van der Waals surface area contributed by atoms with Crippen LogP contribution in [0, 0.1) is 10.8 Å². The van der Waals surface area contributed by atoms with Crippen molar-refractivity contribution in [2.24, 2.45) is 11.1 Å². The maximum absolute atomic E-state index is 12.4. The lowest BCUT2D eigenvalue weighted by Crippen LogP contribution is -2.21. The van der Waals surface area contributed by atoms with Crippen molar-refractivity contribution in [2.45, 2.75) is 162 Å². The van der Waals surface area contributed by atoms with Crippen LogP contribution in [0.5, 0.6) is 5.75 Å². The zero-order valence-electron chi connectivity index (χ0n) is 26.9. The van der Waals surface area contributed by atoms with Crippen molar-refractivity contribution in [2.75, 3.05) is 6.61 Å². The van der Waals surface area contributed by atoms with Crippen molar-refractivity contribution in [1.82, 2.24) is 0 Å². The van der Waals surface area contributed by atoms with Crippen molar-refractivity contribution in [3.05, 3.63) is 29.2 Å². The van der Waals surface area contributed by atoms with E-state index in [0.717, 1.165) is 70.6 Å². The zero-order chi connectivity index (χ0) is 30.7. The number of carbonyl (C=O) groups is 2. The fraction of sp³-hybridized carbons (Fsp3) is 0.771. The topological polar surface area (TPSA) is 91.3 Å². The molecule has 7 nitrogen and oxygen atoms in total. The molecule has 0 radical (unpaired) electrons. The second-order valence-corrected chi connectivity index (χ2v) is 11.7. The summed E-state index contributed by atoms with van der Waals surface area (Å²) in [6.45, 7) is 7.22. The highest BCUT2D eigenvalue weighted by Gasteiger charge is 2.16. The Morgan fingerprint density at radius 2 is 1.17 bits per heavy atom. The lowest BCUT2D eigenvalue weighted by Gasteiger charge is -2.18. The van der Waals surface area contributed by atoms with Crippen LogP contribution in [0.3, 0.4) is 0 Å². The minimum Gasteiger partial charge on any atom is -0.465 e. The first-order chi connectivity index (χ1) is 20.5. The van der Waals surface area contributed by atoms with Gasteiger partial charge in [-0.3, -0.25) is 4.79 Å². The Morgan fingerprint density at radius 1 is 0.667 bits per heavy atom. The number of esters is 1. The number of nitrogens with zero attached hydrogens (tertiary/aromatic N) is 1. The summed E-state index contributed by atoms with van der Waals surface area (Å²) in [5.74, 6) is 0.804. The van der Waals surface area contributed by atoms with E-state index in [0.29, 0.717) is 24.7 Å². The average Bonchev–Trinajstić information content (AvgIpc) is 2.99. The molecule has 7 heteroatoms. The fourth-order valence-corrected chi connectivity index (χ4v) is 5.20. The third-order valence-electron chi connectivity index (χ3n) is 7.85. The fourth-order valence-electron chi connectivity index (χ4n) is 5.20. The molecule has 1 atom stereocenters. The van der Waals surface area contributed by atoms with Gasteiger partial charge in [-0.05, 0) is 80.3 Å². The Labute approximate surface area is 255 Å². The van der Waals surface area contributed by atoms with E-state index in [4.69, 9.17) is 14.2 Å². The van der Waals surface area contributed by atoms with Gasteiger partial charge >= 0.3 is 12.1 Å². The van der Waals surface area contributed by atoms with E-state index in [9.17, 15) is 14.5 Å². The second-order valence-electron chi connectivity index (χ2n) is 11.7. The van der Waals surface area contributed by atoms with E-state index in [-0.39, 0.29) is 17.8 Å². The molecule has 0 heterocycles. The van der Waals surface area contributed by atoms with Gasteiger partial charge < -0.3 is 14.2 Å². The number of benzene rings is 1. The molecule has 0 aliphatic rings. The summed E-state index contributed by atoms with van der Waals surface area (Å²) in [7, 11) is 0. The molecular weight excluding hydrogens is 530 g/mol. The van der Waals surface area contributed by atoms with E-state index in [2.05, 4.69) is 25.9 Å². The van der Waals surface area contributed by atoms with Crippen molar-refractivity contribution >= 4 is 17.8 Å². The Kier molecular flexibility index (Phi) is 23.5. The summed E-state index contributed by atoms with van der Waals surface area (Å²) in [6, 6.07) is 6.07. The van der Waals surface area contributed by atoms with E-state index < -0.39 is 6.16 Å². The highest BCUT2D eigenvalue weighted by atomic mass is 16.7. The Bertz CT molecular complexity index is 802. The van der Waals surface area contributed by atoms with E-state index in [1.54, 1.807) is 0 Å². The van der Waals surface area contributed by atoms with Crippen molar-refractivity contribution in [1.29, 1.82) is 0 Å². The predicted octanol–water partition coefficient (Wildman–Crippen LogP) is 11.4. The first kappa shape index (κ1) is 37.6. The molecule has 1 aromatic carbocycles. The van der Waals surface area contributed by atoms with E-state index in [1.807, 2.05) is 0 Å². The average molecular weight is 590 g/mol. The summed E-state index contributed by atoms with van der Waals surface area (Å²) in [6.07, 6.45) is 21.8. The molecule has 0 saturated carbocycles. The summed E-state index contributed by atoms with van der Waals surface area (Å²) in [5, 5.41) is 2.85. The summed E-state index contributed by atoms with van der Waals surface area (Å²) < 4.78 is 16.6. The number of ether oxygens (including phenoxy) is 3. The van der Waals surface area contributed by atoms with Gasteiger partial charge in [-0.1, -0.05) is 104 Å². The number of hydrogen-bond acceptors (Lipinski definition) is 7. The standard InChI is InChI=1S/C35H59NO6/c1-4-7-10-17-22-32(41-35(38)42-33-27-25-31(36-39)26-28-33)23-18-13-11-12-14-19-24-34(37)40-29-30(20-15-8-5-2)21-16-9-6-3/h25-28,30,32H,4-24,29H2,1-3H3. The number of unbranched alkanes of at least 4 members (excludes halogenated alkanes) is 12. The van der Waals surface area contributed by atoms with Gasteiger partial charge in [0.2, 0.25) is 0 Å². The SMILES string of the molecule is CCCCCCC(CCCCCCCCC(=O)OCC(CCCCC)CCCCC)OC(=O)Oc1ccc(N=O)cc1. The van der Waals surface area contributed by atoms with Crippen LogP contribution < -0.4 is 4.74 Å². The number of rotatable bonds is 27. The van der Waals surface area contributed by atoms with Gasteiger partial charge in [-0.25, -0.2) is 4.79 Å². The quantitative estimate of drug-likeness (QED) is 0.0438. The third-order valence-corrected chi connectivity index (χ3v) is 7.85. The van der Waals surface area contributed by atoms with Gasteiger partial charge in [0, 0.05) is 6.42 Å². The lowest BCUT2D eigenvalue weighted by molar-refractivity contribution is -0.145. The van der Waals surface area contributed by atoms with E-state index in [1.165, 1.54) is 82.1 Å². The first-order valence-corrected chi connectivity index (χ1v) is 17.0. The highest BCUT2D eigenvalue weighted by Crippen LogP contribution is 2.21. The predicted molar refractivity (Wildman–Crippen MR) is 171 cm³/mol. The van der Waals surface area contributed by atoms with Gasteiger partial charge in [-0.2, -0.15) is 0 Å². The molecule has 0 amide bonds. The largest absolute Gasteiger partial charge is 0.514 e. The molecule has 0 N–H and O–H groups in total. The number of hydrogen-bond donors (Lipinski definition) is 0. The normalized spacial score (nSPS) is 11.8. The molecule has 1 unspecified atom stereocenters. The lowest BCUT2D eigenvalue weighted by atomic mass is 9.96. The first-order valence-electron chi connectivity index (χ1n) is 17.0. The molecule has 42 heavy (non-hydrogen) atoms. The third kappa shape index (κ3) is 20.4. The Balaban J connectivity index is 2.25. The molecule has 1 rings (SSSR count). The van der Waals surface area contributed by atoms with Gasteiger partial charge in [0.1, 0.15) is 17.5 Å². The highest BCUT2D eigenvalue weighted by molar-refractivity contribution is 5.69. The van der Waals surface area contributed by atoms with Crippen LogP contribution in [-0.4, -0.2) is 24.8 Å². The van der Waals surface area contributed by atoms with Gasteiger partial charge in [0.05, 0.1) is 6.61 Å². The molecule has 0 fully saturated rings. The van der Waals surface area contributed by atoms with Crippen LogP contribution in [-0.2, 0) is 14.3 Å². The minimum atomic E-state index is -0.706. The van der Waals surface area contributed by atoms with Crippen LogP contribution in [0.15, 0.2) is 29.4 Å². The van der Waals surface area contributed by atoms with Crippen LogP contribution in [0.2, 0.25) is 0 Å². The Morgan fingerprint density at radius 3 is 1.74 bits per heavy atom. The van der Waals surface area contributed by atoms with Crippen LogP contribution >= 0.6 is 0 Å². The summed E-state index contributed by atoms with van der Waals surface area (Å²) in [5.41, 5.74) is 0.281. The number of carbonyl (C=O) groups excluding carboxylic acids is 2. The Hall–Kier alpha value is -2.44. The van der Waals surface area contributed by atoms with Crippen molar-refractivity contribution in [3.63, 3.8) is 0 Å². The minimum absolute atomic E-state index is 0.0442. The number of nitroso groups, excluding NO2 is 1. The van der Waals surface area contributed by atoms with Crippen LogP contribution in [0.4, 0.5) is 10.5 Å². The monoisotopic (exact) mass is 589 g/mol. The summed E-state index contributed by atoms with van der Waals surface area (Å²) >= 11 is 0. The maximum Gasteiger partial charge on any atom is 0.514 e. The van der Waals surface area contributed by atoms with Gasteiger partial charge in [-0.15, -0.1) is 4.91 Å². The van der Waals surface area contributed by atoms with Gasteiger partial charge in [0.15, 0.2) is 0 Å². The molecule has 240 valence electrons.